The van der Waals surface area contributed by atoms with Crippen LogP contribution in [0.2, 0.25) is 0 Å². The molecule has 1 aliphatic rings. The van der Waals surface area contributed by atoms with Crippen LogP contribution in [-0.4, -0.2) is 30.1 Å². The molecule has 174 valence electrons. The quantitative estimate of drug-likeness (QED) is 0.440. The number of fused-ring (bicyclic) bond motifs is 1. The van der Waals surface area contributed by atoms with Gasteiger partial charge in [0.25, 0.3) is 0 Å². The van der Waals surface area contributed by atoms with Crippen molar-refractivity contribution >= 4 is 45.8 Å². The lowest BCUT2D eigenvalue weighted by Gasteiger charge is -2.21. The Labute approximate surface area is 206 Å². The summed E-state index contributed by atoms with van der Waals surface area (Å²) >= 11 is 3.01. The Morgan fingerprint density at radius 1 is 1.35 bits per heavy atom. The number of carbonyl (C=O) groups is 2. The van der Waals surface area contributed by atoms with E-state index in [1.54, 1.807) is 29.8 Å². The van der Waals surface area contributed by atoms with Gasteiger partial charge >= 0.3 is 6.09 Å². The smallest absolute Gasteiger partial charge is 0.407 e. The third-order valence-corrected chi connectivity index (χ3v) is 7.41. The fraction of sp³-hybridized carbons (Fsp3) is 0.280. The zero-order valence-corrected chi connectivity index (χ0v) is 20.1. The van der Waals surface area contributed by atoms with Crippen molar-refractivity contribution in [3.63, 3.8) is 0 Å². The predicted molar refractivity (Wildman–Crippen MR) is 134 cm³/mol. The molecule has 1 atom stereocenters. The molecular formula is C25H24N4O3S2. The van der Waals surface area contributed by atoms with Gasteiger partial charge in [0.05, 0.1) is 12.2 Å². The van der Waals surface area contributed by atoms with E-state index in [4.69, 9.17) is 4.74 Å². The van der Waals surface area contributed by atoms with Crippen molar-refractivity contribution in [2.75, 3.05) is 18.5 Å². The van der Waals surface area contributed by atoms with Gasteiger partial charge in [0.15, 0.2) is 0 Å². The number of carbonyl (C=O) groups excluding carboxylic acids is 2. The maximum atomic E-state index is 12.3. The monoisotopic (exact) mass is 492 g/mol. The third-order valence-electron chi connectivity index (χ3n) is 5.54. The molecule has 0 spiro atoms. The van der Waals surface area contributed by atoms with E-state index in [2.05, 4.69) is 21.7 Å². The van der Waals surface area contributed by atoms with Gasteiger partial charge in [-0.1, -0.05) is 6.07 Å². The number of nitrogens with one attached hydrogen (secondary N) is 2. The van der Waals surface area contributed by atoms with E-state index in [0.29, 0.717) is 30.1 Å². The highest BCUT2D eigenvalue weighted by atomic mass is 32.1. The Bertz CT molecular complexity index is 1200. The predicted octanol–water partition coefficient (Wildman–Crippen LogP) is 4.80. The first-order chi connectivity index (χ1) is 16.6. The summed E-state index contributed by atoms with van der Waals surface area (Å²) in [6.07, 6.45) is 9.26. The second kappa shape index (κ2) is 11.6. The van der Waals surface area contributed by atoms with Crippen LogP contribution >= 0.6 is 22.7 Å². The number of hydrogen-bond acceptors (Lipinski definition) is 7. The highest BCUT2D eigenvalue weighted by Gasteiger charge is 2.27. The second-order valence-corrected chi connectivity index (χ2v) is 9.83. The lowest BCUT2D eigenvalue weighted by Crippen LogP contribution is -2.29. The zero-order chi connectivity index (χ0) is 23.8. The molecule has 0 bridgehead atoms. The number of amides is 2. The van der Waals surface area contributed by atoms with Crippen LogP contribution in [0.4, 0.5) is 9.80 Å². The lowest BCUT2D eigenvalue weighted by atomic mass is 9.88. The normalized spacial score (nSPS) is 14.9. The van der Waals surface area contributed by atoms with Crippen LogP contribution in [0.15, 0.2) is 47.4 Å². The minimum absolute atomic E-state index is 0.184. The van der Waals surface area contributed by atoms with Crippen LogP contribution in [0.1, 0.15) is 33.6 Å². The van der Waals surface area contributed by atoms with E-state index >= 15 is 0 Å². The van der Waals surface area contributed by atoms with Crippen molar-refractivity contribution < 1.29 is 14.3 Å². The van der Waals surface area contributed by atoms with Gasteiger partial charge in [-0.25, -0.2) is 4.79 Å². The number of hydrogen-bond donors (Lipinski definition) is 2. The number of rotatable bonds is 8. The molecule has 3 aromatic rings. The summed E-state index contributed by atoms with van der Waals surface area (Å²) in [6.45, 7) is 0.808. The van der Waals surface area contributed by atoms with E-state index in [1.807, 2.05) is 29.0 Å². The summed E-state index contributed by atoms with van der Waals surface area (Å²) in [5.41, 5.74) is 3.57. The number of alkyl carbamates (subject to hydrolysis) is 1. The topological polar surface area (TPSA) is 104 Å². The maximum absolute atomic E-state index is 12.3. The molecular weight excluding hydrogens is 468 g/mol. The first kappa shape index (κ1) is 23.7. The standard InChI is InChI=1S/C25H24N4O3S2/c26-13-21-20-5-3-19(15-32-25(31)28-10-7-17-2-1-9-27-14-17)12-22(20)34-24(21)29-23(30)6-4-18-8-11-33-16-18/h1-2,4,6,8-9,11,14,16,19H,3,5,7,10,12,15H2,(H,28,31)(H,29,30). The summed E-state index contributed by atoms with van der Waals surface area (Å²) in [5.74, 6) is -0.0760. The van der Waals surface area contributed by atoms with Crippen molar-refractivity contribution in [3.05, 3.63) is 74.6 Å². The molecule has 0 radical (unpaired) electrons. The van der Waals surface area contributed by atoms with Gasteiger partial charge in [-0.2, -0.15) is 16.6 Å². The van der Waals surface area contributed by atoms with Gasteiger partial charge in [0, 0.05) is 29.9 Å². The zero-order valence-electron chi connectivity index (χ0n) is 18.5. The summed E-state index contributed by atoms with van der Waals surface area (Å²) in [6, 6.07) is 8.02. The minimum Gasteiger partial charge on any atom is -0.449 e. The third kappa shape index (κ3) is 6.31. The van der Waals surface area contributed by atoms with Crippen molar-refractivity contribution in [1.29, 1.82) is 5.26 Å². The van der Waals surface area contributed by atoms with E-state index in [-0.39, 0.29) is 11.8 Å². The molecule has 3 heterocycles. The SMILES string of the molecule is N#Cc1c(NC(=O)C=Cc2ccsc2)sc2c1CCC(COC(=O)NCCc1cccnc1)C2. The number of pyridine rings is 1. The van der Waals surface area contributed by atoms with Crippen LogP contribution in [0.25, 0.3) is 6.08 Å². The molecule has 0 aliphatic heterocycles. The highest BCUT2D eigenvalue weighted by molar-refractivity contribution is 7.16. The number of aromatic nitrogens is 1. The van der Waals surface area contributed by atoms with E-state index in [9.17, 15) is 14.9 Å². The van der Waals surface area contributed by atoms with E-state index in [1.165, 1.54) is 17.4 Å². The molecule has 2 N–H and O–H groups in total. The first-order valence-corrected chi connectivity index (χ1v) is 12.7. The summed E-state index contributed by atoms with van der Waals surface area (Å²) < 4.78 is 5.43. The molecule has 0 saturated heterocycles. The molecule has 0 saturated carbocycles. The van der Waals surface area contributed by atoms with Crippen LogP contribution < -0.4 is 10.6 Å². The van der Waals surface area contributed by atoms with Crippen LogP contribution in [0.3, 0.4) is 0 Å². The Kier molecular flexibility index (Phi) is 8.07. The Morgan fingerprint density at radius 2 is 2.26 bits per heavy atom. The van der Waals surface area contributed by atoms with Gasteiger partial charge in [-0.05, 0) is 77.3 Å². The van der Waals surface area contributed by atoms with E-state index in [0.717, 1.165) is 40.8 Å². The molecule has 4 rings (SSSR count). The molecule has 34 heavy (non-hydrogen) atoms. The summed E-state index contributed by atoms with van der Waals surface area (Å²) in [5, 5.41) is 19.8. The fourth-order valence-corrected chi connectivity index (χ4v) is 5.74. The second-order valence-electron chi connectivity index (χ2n) is 7.94. The fourth-order valence-electron chi connectivity index (χ4n) is 3.80. The Balaban J connectivity index is 1.27. The number of anilines is 1. The average molecular weight is 493 g/mol. The van der Waals surface area contributed by atoms with Crippen LogP contribution in [-0.2, 0) is 28.8 Å². The molecule has 1 aliphatic carbocycles. The average Bonchev–Trinajstić information content (AvgIpc) is 3.49. The van der Waals surface area contributed by atoms with Gasteiger partial charge < -0.3 is 15.4 Å². The Hall–Kier alpha value is -3.48. The van der Waals surface area contributed by atoms with Crippen LogP contribution in [0.5, 0.6) is 0 Å². The number of ether oxygens (including phenoxy) is 1. The van der Waals surface area contributed by atoms with Gasteiger partial charge in [-0.15, -0.1) is 11.3 Å². The number of nitriles is 1. The molecule has 1 unspecified atom stereocenters. The van der Waals surface area contributed by atoms with Crippen molar-refractivity contribution in [3.8, 4) is 6.07 Å². The highest BCUT2D eigenvalue weighted by Crippen LogP contribution is 2.39. The summed E-state index contributed by atoms with van der Waals surface area (Å²) in [7, 11) is 0. The number of thiophene rings is 2. The van der Waals surface area contributed by atoms with Crippen molar-refractivity contribution in [2.45, 2.75) is 25.7 Å². The van der Waals surface area contributed by atoms with Crippen molar-refractivity contribution in [2.24, 2.45) is 5.92 Å². The van der Waals surface area contributed by atoms with Gasteiger partial charge in [0.2, 0.25) is 5.91 Å². The molecule has 7 nitrogen and oxygen atoms in total. The molecule has 0 fully saturated rings. The van der Waals surface area contributed by atoms with Gasteiger partial charge in [-0.3, -0.25) is 9.78 Å². The molecule has 9 heteroatoms. The Morgan fingerprint density at radius 3 is 3.03 bits per heavy atom. The first-order valence-electron chi connectivity index (χ1n) is 11.0. The molecule has 2 amide bonds. The maximum Gasteiger partial charge on any atom is 0.407 e. The largest absolute Gasteiger partial charge is 0.449 e. The summed E-state index contributed by atoms with van der Waals surface area (Å²) in [4.78, 5) is 29.5. The number of nitrogens with zero attached hydrogens (tertiary/aromatic N) is 2. The lowest BCUT2D eigenvalue weighted by molar-refractivity contribution is -0.111. The van der Waals surface area contributed by atoms with Gasteiger partial charge in [0.1, 0.15) is 11.1 Å². The van der Waals surface area contributed by atoms with Crippen LogP contribution in [0, 0.1) is 17.2 Å². The van der Waals surface area contributed by atoms with Crippen molar-refractivity contribution in [1.82, 2.24) is 10.3 Å². The minimum atomic E-state index is -0.427. The molecule has 0 aromatic carbocycles. The van der Waals surface area contributed by atoms with E-state index < -0.39 is 6.09 Å². The molecule has 3 aromatic heterocycles.